The maximum Gasteiger partial charge on any atom is 0.338 e. The third-order valence-electron chi connectivity index (χ3n) is 4.48. The zero-order chi connectivity index (χ0) is 20.8. The highest BCUT2D eigenvalue weighted by atomic mass is 16.5. The van der Waals surface area contributed by atoms with E-state index < -0.39 is 5.97 Å². The molecule has 1 aliphatic rings. The van der Waals surface area contributed by atoms with Gasteiger partial charge in [-0.05, 0) is 43.2 Å². The molecule has 0 spiro atoms. The molecule has 3 amide bonds. The first-order chi connectivity index (χ1) is 14.0. The topological polar surface area (TPSA) is 92.8 Å². The number of nitrogens with one attached hydrogen (secondary N) is 1. The van der Waals surface area contributed by atoms with Gasteiger partial charge in [0.2, 0.25) is 5.91 Å². The molecule has 0 aromatic heterocycles. The van der Waals surface area contributed by atoms with Gasteiger partial charge >= 0.3 is 5.97 Å². The molecule has 2 aromatic rings. The van der Waals surface area contributed by atoms with Crippen molar-refractivity contribution in [1.29, 1.82) is 0 Å². The normalized spacial score (nSPS) is 12.7. The minimum Gasteiger partial charge on any atom is -0.462 e. The third kappa shape index (κ3) is 4.68. The van der Waals surface area contributed by atoms with Crippen molar-refractivity contribution in [3.05, 3.63) is 65.2 Å². The molecule has 0 atom stereocenters. The standard InChI is InChI=1S/C22H22N2O5/c1-2-13-29-22(28)15-7-5-8-16(14-15)23-19(25)11-6-12-24-20(26)17-9-3-4-10-18(17)21(24)27/h3-5,7-10,14H,2,6,11-13H2,1H3,(H,23,25). The van der Waals surface area contributed by atoms with Crippen LogP contribution in [-0.2, 0) is 9.53 Å². The SMILES string of the molecule is CCCOC(=O)c1cccc(NC(=O)CCCN2C(=O)c3ccccc3C2=O)c1. The minimum atomic E-state index is -0.437. The van der Waals surface area contributed by atoms with Gasteiger partial charge in [-0.25, -0.2) is 4.79 Å². The Morgan fingerprint density at radius 3 is 2.34 bits per heavy atom. The van der Waals surface area contributed by atoms with E-state index in [9.17, 15) is 19.2 Å². The number of carbonyl (C=O) groups is 4. The average Bonchev–Trinajstić information content (AvgIpc) is 2.97. The number of anilines is 1. The lowest BCUT2D eigenvalue weighted by Gasteiger charge is -2.13. The molecule has 1 N–H and O–H groups in total. The summed E-state index contributed by atoms with van der Waals surface area (Å²) in [4.78, 5) is 49.9. The minimum absolute atomic E-state index is 0.137. The second-order valence-electron chi connectivity index (χ2n) is 6.68. The molecular weight excluding hydrogens is 372 g/mol. The fourth-order valence-electron chi connectivity index (χ4n) is 3.07. The van der Waals surface area contributed by atoms with Gasteiger partial charge in [0.05, 0.1) is 23.3 Å². The van der Waals surface area contributed by atoms with Crippen LogP contribution in [0.1, 0.15) is 57.3 Å². The number of imide groups is 1. The van der Waals surface area contributed by atoms with E-state index in [1.807, 2.05) is 6.92 Å². The lowest BCUT2D eigenvalue weighted by atomic mass is 10.1. The van der Waals surface area contributed by atoms with Crippen molar-refractivity contribution in [2.24, 2.45) is 0 Å². The van der Waals surface area contributed by atoms with E-state index in [0.717, 1.165) is 6.42 Å². The molecule has 0 radical (unpaired) electrons. The van der Waals surface area contributed by atoms with E-state index in [-0.39, 0.29) is 30.7 Å². The number of esters is 1. The van der Waals surface area contributed by atoms with E-state index in [2.05, 4.69) is 5.32 Å². The van der Waals surface area contributed by atoms with Crippen LogP contribution in [-0.4, -0.2) is 41.7 Å². The van der Waals surface area contributed by atoms with E-state index in [4.69, 9.17) is 4.74 Å². The van der Waals surface area contributed by atoms with Gasteiger partial charge in [-0.2, -0.15) is 0 Å². The van der Waals surface area contributed by atoms with Crippen LogP contribution < -0.4 is 5.32 Å². The van der Waals surface area contributed by atoms with Gasteiger partial charge in [0.25, 0.3) is 11.8 Å². The van der Waals surface area contributed by atoms with Crippen molar-refractivity contribution in [2.45, 2.75) is 26.2 Å². The summed E-state index contributed by atoms with van der Waals surface area (Å²) >= 11 is 0. The quantitative estimate of drug-likeness (QED) is 0.548. The predicted molar refractivity (Wildman–Crippen MR) is 107 cm³/mol. The Morgan fingerprint density at radius 2 is 1.69 bits per heavy atom. The number of carbonyl (C=O) groups excluding carboxylic acids is 4. The van der Waals surface area contributed by atoms with Crippen LogP contribution in [0.2, 0.25) is 0 Å². The molecule has 0 fully saturated rings. The number of rotatable bonds is 8. The number of ether oxygens (including phenoxy) is 1. The van der Waals surface area contributed by atoms with E-state index in [1.165, 1.54) is 4.90 Å². The number of fused-ring (bicyclic) bond motifs is 1. The number of amides is 3. The second-order valence-corrected chi connectivity index (χ2v) is 6.68. The van der Waals surface area contributed by atoms with Crippen LogP contribution in [0.3, 0.4) is 0 Å². The van der Waals surface area contributed by atoms with E-state index >= 15 is 0 Å². The Morgan fingerprint density at radius 1 is 1.00 bits per heavy atom. The molecule has 0 unspecified atom stereocenters. The average molecular weight is 394 g/mol. The molecule has 1 aliphatic heterocycles. The molecule has 2 aromatic carbocycles. The first-order valence-corrected chi connectivity index (χ1v) is 9.53. The summed E-state index contributed by atoms with van der Waals surface area (Å²) in [6.45, 7) is 2.42. The Labute approximate surface area is 168 Å². The number of benzene rings is 2. The summed E-state index contributed by atoms with van der Waals surface area (Å²) in [5.74, 6) is -1.36. The van der Waals surface area contributed by atoms with Crippen LogP contribution >= 0.6 is 0 Å². The van der Waals surface area contributed by atoms with Crippen LogP contribution in [0.4, 0.5) is 5.69 Å². The molecule has 7 nitrogen and oxygen atoms in total. The fourth-order valence-corrected chi connectivity index (χ4v) is 3.07. The Hall–Kier alpha value is -3.48. The monoisotopic (exact) mass is 394 g/mol. The lowest BCUT2D eigenvalue weighted by Crippen LogP contribution is -2.31. The Bertz CT molecular complexity index is 919. The summed E-state index contributed by atoms with van der Waals surface area (Å²) in [5, 5.41) is 2.72. The zero-order valence-electron chi connectivity index (χ0n) is 16.1. The third-order valence-corrected chi connectivity index (χ3v) is 4.48. The van der Waals surface area contributed by atoms with Gasteiger partial charge in [-0.1, -0.05) is 25.1 Å². The Kier molecular flexibility index (Phi) is 6.39. The van der Waals surface area contributed by atoms with Gasteiger partial charge in [0.1, 0.15) is 0 Å². The highest BCUT2D eigenvalue weighted by molar-refractivity contribution is 6.21. The number of hydrogen-bond acceptors (Lipinski definition) is 5. The van der Waals surface area contributed by atoms with Gasteiger partial charge in [-0.15, -0.1) is 0 Å². The maximum atomic E-state index is 12.3. The molecule has 0 aliphatic carbocycles. The van der Waals surface area contributed by atoms with E-state index in [1.54, 1.807) is 48.5 Å². The van der Waals surface area contributed by atoms with Crippen molar-refractivity contribution in [3.8, 4) is 0 Å². The molecule has 0 bridgehead atoms. The van der Waals surface area contributed by atoms with Gasteiger partial charge in [0, 0.05) is 18.7 Å². The zero-order valence-corrected chi connectivity index (χ0v) is 16.1. The number of nitrogens with zero attached hydrogens (tertiary/aromatic N) is 1. The van der Waals surface area contributed by atoms with Gasteiger partial charge in [0.15, 0.2) is 0 Å². The summed E-state index contributed by atoms with van der Waals surface area (Å²) in [6.07, 6.45) is 1.21. The van der Waals surface area contributed by atoms with Crippen molar-refractivity contribution in [3.63, 3.8) is 0 Å². The molecule has 29 heavy (non-hydrogen) atoms. The predicted octanol–water partition coefficient (Wildman–Crippen LogP) is 3.27. The first kappa shape index (κ1) is 20.3. The molecule has 3 rings (SSSR count). The lowest BCUT2D eigenvalue weighted by molar-refractivity contribution is -0.116. The van der Waals surface area contributed by atoms with Crippen molar-refractivity contribution in [2.75, 3.05) is 18.5 Å². The molecule has 1 heterocycles. The van der Waals surface area contributed by atoms with Gasteiger partial charge < -0.3 is 10.1 Å². The van der Waals surface area contributed by atoms with Crippen molar-refractivity contribution in [1.82, 2.24) is 4.90 Å². The van der Waals surface area contributed by atoms with Crippen LogP contribution in [0.25, 0.3) is 0 Å². The van der Waals surface area contributed by atoms with Gasteiger partial charge in [-0.3, -0.25) is 19.3 Å². The molecule has 0 saturated heterocycles. The largest absolute Gasteiger partial charge is 0.462 e. The maximum absolute atomic E-state index is 12.3. The summed E-state index contributed by atoms with van der Waals surface area (Å²) in [5.41, 5.74) is 1.64. The van der Waals surface area contributed by atoms with E-state index in [0.29, 0.717) is 35.4 Å². The molecule has 0 saturated carbocycles. The summed E-state index contributed by atoms with van der Waals surface area (Å²) < 4.78 is 5.08. The van der Waals surface area contributed by atoms with Crippen LogP contribution in [0.5, 0.6) is 0 Å². The molecule has 150 valence electrons. The van der Waals surface area contributed by atoms with Crippen LogP contribution in [0.15, 0.2) is 48.5 Å². The second kappa shape index (κ2) is 9.14. The first-order valence-electron chi connectivity index (χ1n) is 9.53. The summed E-state index contributed by atoms with van der Waals surface area (Å²) in [7, 11) is 0. The highest BCUT2D eigenvalue weighted by Crippen LogP contribution is 2.22. The molecule has 7 heteroatoms. The number of hydrogen-bond donors (Lipinski definition) is 1. The van der Waals surface area contributed by atoms with Crippen LogP contribution in [0, 0.1) is 0 Å². The molecular formula is C22H22N2O5. The summed E-state index contributed by atoms with van der Waals surface area (Å²) in [6, 6.07) is 13.2. The Balaban J connectivity index is 1.50. The smallest absolute Gasteiger partial charge is 0.338 e. The highest BCUT2D eigenvalue weighted by Gasteiger charge is 2.34. The van der Waals surface area contributed by atoms with Crippen molar-refractivity contribution >= 4 is 29.4 Å². The van der Waals surface area contributed by atoms with Crippen molar-refractivity contribution < 1.29 is 23.9 Å². The fraction of sp³-hybridized carbons (Fsp3) is 0.273.